The van der Waals surface area contributed by atoms with Gasteiger partial charge in [0.25, 0.3) is 0 Å². The zero-order valence-electron chi connectivity index (χ0n) is 9.35. The minimum absolute atomic E-state index is 0.281. The minimum Gasteiger partial charge on any atom is -0.384 e. The molecule has 18 heavy (non-hydrogen) atoms. The number of benzene rings is 1. The summed E-state index contributed by atoms with van der Waals surface area (Å²) in [6.45, 7) is -0.281. The third kappa shape index (κ3) is 3.32. The van der Waals surface area contributed by atoms with Gasteiger partial charge in [-0.2, -0.15) is 5.10 Å². The molecule has 1 aromatic heterocycles. The summed E-state index contributed by atoms with van der Waals surface area (Å²) in [6.07, 6.45) is 1.44. The number of H-pyrrole nitrogens is 1. The van der Waals surface area contributed by atoms with Gasteiger partial charge in [-0.3, -0.25) is 5.10 Å². The number of aromatic amines is 1. The number of aliphatic hydroxyl groups excluding tert-OH is 1. The summed E-state index contributed by atoms with van der Waals surface area (Å²) in [5.41, 5.74) is 1.22. The highest BCUT2D eigenvalue weighted by Gasteiger charge is 2.03. The predicted molar refractivity (Wildman–Crippen MR) is 66.3 cm³/mol. The van der Waals surface area contributed by atoms with Crippen molar-refractivity contribution in [1.29, 1.82) is 0 Å². The van der Waals surface area contributed by atoms with E-state index in [9.17, 15) is 4.39 Å². The Morgan fingerprint density at radius 2 is 2.33 bits per heavy atom. The van der Waals surface area contributed by atoms with Gasteiger partial charge in [0.15, 0.2) is 5.16 Å². The van der Waals surface area contributed by atoms with Gasteiger partial charge in [-0.25, -0.2) is 9.37 Å². The van der Waals surface area contributed by atoms with Crippen LogP contribution < -0.4 is 0 Å². The summed E-state index contributed by atoms with van der Waals surface area (Å²) in [6, 6.07) is 4.74. The fraction of sp³-hybridized carbons (Fsp3) is 0.167. The largest absolute Gasteiger partial charge is 0.384 e. The van der Waals surface area contributed by atoms with Gasteiger partial charge in [0.1, 0.15) is 18.8 Å². The van der Waals surface area contributed by atoms with E-state index in [1.54, 1.807) is 12.1 Å². The lowest BCUT2D eigenvalue weighted by molar-refractivity contribution is 0.350. The molecule has 0 atom stereocenters. The first-order valence-corrected chi connectivity index (χ1v) is 6.14. The highest BCUT2D eigenvalue weighted by Crippen LogP contribution is 2.19. The number of hydrogen-bond acceptors (Lipinski definition) is 4. The zero-order chi connectivity index (χ0) is 12.8. The predicted octanol–water partition coefficient (Wildman–Crippen LogP) is 1.58. The van der Waals surface area contributed by atoms with Crippen LogP contribution in [0.1, 0.15) is 11.1 Å². The van der Waals surface area contributed by atoms with Crippen LogP contribution in [0.2, 0.25) is 0 Å². The van der Waals surface area contributed by atoms with E-state index < -0.39 is 0 Å². The van der Waals surface area contributed by atoms with Crippen LogP contribution in [0.4, 0.5) is 4.39 Å². The quantitative estimate of drug-likeness (QED) is 0.652. The lowest BCUT2D eigenvalue weighted by atomic mass is 10.1. The van der Waals surface area contributed by atoms with Gasteiger partial charge >= 0.3 is 0 Å². The normalized spacial score (nSPS) is 9.89. The Bertz CT molecular complexity index is 575. The summed E-state index contributed by atoms with van der Waals surface area (Å²) in [5.74, 6) is 5.27. The molecular weight excluding hydrogens is 253 g/mol. The Balaban J connectivity index is 2.09. The molecule has 1 heterocycles. The lowest BCUT2D eigenvalue weighted by Crippen LogP contribution is -1.89. The molecule has 0 fully saturated rings. The van der Waals surface area contributed by atoms with Crippen LogP contribution in [0, 0.1) is 17.7 Å². The second-order valence-electron chi connectivity index (χ2n) is 3.35. The van der Waals surface area contributed by atoms with E-state index in [1.165, 1.54) is 24.2 Å². The topological polar surface area (TPSA) is 61.8 Å². The first kappa shape index (κ1) is 12.6. The molecule has 2 aromatic rings. The number of aromatic nitrogens is 3. The molecule has 0 radical (unpaired) electrons. The number of thioether (sulfide) groups is 1. The van der Waals surface area contributed by atoms with Gasteiger partial charge in [-0.1, -0.05) is 29.7 Å². The maximum atomic E-state index is 13.4. The molecule has 0 unspecified atom stereocenters. The molecule has 4 nitrogen and oxygen atoms in total. The maximum absolute atomic E-state index is 13.4. The van der Waals surface area contributed by atoms with E-state index in [0.717, 1.165) is 5.56 Å². The molecule has 2 N–H and O–H groups in total. The smallest absolute Gasteiger partial charge is 0.183 e. The molecule has 0 amide bonds. The molecule has 0 saturated heterocycles. The van der Waals surface area contributed by atoms with Gasteiger partial charge in [0.05, 0.1) is 5.56 Å². The monoisotopic (exact) mass is 263 g/mol. The summed E-state index contributed by atoms with van der Waals surface area (Å²) in [5, 5.41) is 15.8. The van der Waals surface area contributed by atoms with Gasteiger partial charge in [0.2, 0.25) is 0 Å². The van der Waals surface area contributed by atoms with Gasteiger partial charge in [-0.15, -0.1) is 0 Å². The second-order valence-corrected chi connectivity index (χ2v) is 4.32. The maximum Gasteiger partial charge on any atom is 0.183 e. The van der Waals surface area contributed by atoms with Crippen molar-refractivity contribution in [1.82, 2.24) is 15.2 Å². The summed E-state index contributed by atoms with van der Waals surface area (Å²) < 4.78 is 13.4. The van der Waals surface area contributed by atoms with Crippen molar-refractivity contribution in [2.75, 3.05) is 6.61 Å². The zero-order valence-corrected chi connectivity index (χ0v) is 10.2. The van der Waals surface area contributed by atoms with Crippen molar-refractivity contribution >= 4 is 11.8 Å². The van der Waals surface area contributed by atoms with E-state index >= 15 is 0 Å². The van der Waals surface area contributed by atoms with Gasteiger partial charge in [0, 0.05) is 5.75 Å². The molecule has 0 spiro atoms. The van der Waals surface area contributed by atoms with Crippen LogP contribution in [0.15, 0.2) is 29.7 Å². The van der Waals surface area contributed by atoms with Crippen molar-refractivity contribution in [3.05, 3.63) is 41.5 Å². The van der Waals surface area contributed by atoms with Crippen molar-refractivity contribution in [2.24, 2.45) is 0 Å². The molecule has 0 bridgehead atoms. The number of halogens is 1. The molecule has 0 aliphatic carbocycles. The van der Waals surface area contributed by atoms with Crippen LogP contribution in [0.3, 0.4) is 0 Å². The fourth-order valence-electron chi connectivity index (χ4n) is 1.31. The summed E-state index contributed by atoms with van der Waals surface area (Å²) in [4.78, 5) is 3.98. The van der Waals surface area contributed by atoms with Gasteiger partial charge in [-0.05, 0) is 17.7 Å². The second kappa shape index (κ2) is 6.19. The highest BCUT2D eigenvalue weighted by molar-refractivity contribution is 7.98. The summed E-state index contributed by atoms with van der Waals surface area (Å²) >= 11 is 1.47. The lowest BCUT2D eigenvalue weighted by Gasteiger charge is -2.01. The number of nitrogens with zero attached hydrogens (tertiary/aromatic N) is 2. The standard InChI is InChI=1S/C12H10FN3OS/c13-11-4-3-9(6-10(11)2-1-5-17)7-18-12-14-8-15-16-12/h3-4,6,8,17H,5,7H2,(H,14,15,16). The highest BCUT2D eigenvalue weighted by atomic mass is 32.2. The van der Waals surface area contributed by atoms with Gasteiger partial charge < -0.3 is 5.11 Å². The Morgan fingerprint density at radius 1 is 1.44 bits per heavy atom. The Labute approximate surface area is 108 Å². The van der Waals surface area contributed by atoms with Crippen LogP contribution in [-0.2, 0) is 5.75 Å². The van der Waals surface area contributed by atoms with Crippen LogP contribution in [0.5, 0.6) is 0 Å². The minimum atomic E-state index is -0.385. The molecule has 1 aromatic carbocycles. The van der Waals surface area contributed by atoms with E-state index in [1.807, 2.05) is 0 Å². The third-order valence-electron chi connectivity index (χ3n) is 2.10. The third-order valence-corrected chi connectivity index (χ3v) is 3.05. The first-order valence-electron chi connectivity index (χ1n) is 5.16. The van der Waals surface area contributed by atoms with E-state index in [2.05, 4.69) is 27.0 Å². The number of rotatable bonds is 3. The van der Waals surface area contributed by atoms with Crippen molar-refractivity contribution in [3.63, 3.8) is 0 Å². The molecule has 0 aliphatic heterocycles. The Morgan fingerprint density at radius 3 is 3.06 bits per heavy atom. The molecule has 6 heteroatoms. The number of aliphatic hydroxyl groups is 1. The fourth-order valence-corrected chi connectivity index (χ4v) is 2.03. The van der Waals surface area contributed by atoms with Crippen molar-refractivity contribution < 1.29 is 9.50 Å². The van der Waals surface area contributed by atoms with E-state index in [-0.39, 0.29) is 12.4 Å². The van der Waals surface area contributed by atoms with Crippen LogP contribution in [-0.4, -0.2) is 26.9 Å². The van der Waals surface area contributed by atoms with E-state index in [4.69, 9.17) is 5.11 Å². The van der Waals surface area contributed by atoms with Crippen molar-refractivity contribution in [3.8, 4) is 11.8 Å². The molecule has 0 aliphatic rings. The average molecular weight is 263 g/mol. The van der Waals surface area contributed by atoms with E-state index in [0.29, 0.717) is 16.5 Å². The molecule has 92 valence electrons. The molecular formula is C12H10FN3OS. The first-order chi connectivity index (χ1) is 8.79. The number of hydrogen-bond donors (Lipinski definition) is 2. The number of nitrogens with one attached hydrogen (secondary N) is 1. The SMILES string of the molecule is OCC#Cc1cc(CSc2ncn[nH]2)ccc1F. The molecule has 2 rings (SSSR count). The molecule has 0 saturated carbocycles. The van der Waals surface area contributed by atoms with Crippen LogP contribution in [0.25, 0.3) is 0 Å². The Hall–Kier alpha value is -1.84. The Kier molecular flexibility index (Phi) is 4.34. The van der Waals surface area contributed by atoms with Crippen molar-refractivity contribution in [2.45, 2.75) is 10.9 Å². The summed E-state index contributed by atoms with van der Waals surface area (Å²) in [7, 11) is 0. The van der Waals surface area contributed by atoms with Crippen LogP contribution >= 0.6 is 11.8 Å². The average Bonchev–Trinajstić information content (AvgIpc) is 2.89.